The zero-order valence-corrected chi connectivity index (χ0v) is 7.57. The predicted octanol–water partition coefficient (Wildman–Crippen LogP) is 3.70. The number of allylic oxidation sites excluding steroid dienone is 4. The molecule has 0 spiro atoms. The second-order valence-electron chi connectivity index (χ2n) is 2.33. The molecule has 0 aliphatic heterocycles. The minimum Gasteiger partial charge on any atom is -0.0842 e. The molecule has 0 aliphatic rings. The molecule has 0 N–H and O–H groups in total. The summed E-state index contributed by atoms with van der Waals surface area (Å²) in [6.45, 7) is 8.62. The van der Waals surface area contributed by atoms with Crippen molar-refractivity contribution in [3.05, 3.63) is 23.3 Å². The van der Waals surface area contributed by atoms with Crippen molar-refractivity contribution in [3.63, 3.8) is 0 Å². The van der Waals surface area contributed by atoms with Crippen LogP contribution in [-0.4, -0.2) is 0 Å². The Bertz CT molecular complexity index is 120. The molecule has 0 aromatic rings. The molecule has 0 heteroatoms. The lowest BCUT2D eigenvalue weighted by Crippen LogP contribution is -1.85. The highest BCUT2D eigenvalue weighted by molar-refractivity contribution is 5.29. The summed E-state index contributed by atoms with van der Waals surface area (Å²) in [5.74, 6) is 0. The first-order valence-electron chi connectivity index (χ1n) is 4.10. The number of hydrogen-bond acceptors (Lipinski definition) is 0. The van der Waals surface area contributed by atoms with E-state index in [1.54, 1.807) is 0 Å². The molecule has 0 amide bonds. The molecule has 0 atom stereocenters. The number of rotatable bonds is 3. The fraction of sp³-hybridized carbons (Fsp3) is 0.600. The van der Waals surface area contributed by atoms with Crippen molar-refractivity contribution >= 4 is 0 Å². The maximum Gasteiger partial charge on any atom is -0.0308 e. The van der Waals surface area contributed by atoms with Crippen LogP contribution in [0.2, 0.25) is 0 Å². The normalized spacial score (nSPS) is 14.0. The molecule has 0 radical (unpaired) electrons. The molecule has 10 heavy (non-hydrogen) atoms. The van der Waals surface area contributed by atoms with Gasteiger partial charge in [-0.15, -0.1) is 0 Å². The Morgan fingerprint density at radius 3 is 1.30 bits per heavy atom. The molecular weight excluding hydrogens is 120 g/mol. The van der Waals surface area contributed by atoms with E-state index < -0.39 is 0 Å². The molecule has 0 heterocycles. The lowest BCUT2D eigenvalue weighted by molar-refractivity contribution is 1.02. The molecule has 0 rings (SSSR count). The van der Waals surface area contributed by atoms with Crippen molar-refractivity contribution in [1.82, 2.24) is 0 Å². The minimum absolute atomic E-state index is 1.16. The van der Waals surface area contributed by atoms with Crippen LogP contribution in [0.1, 0.15) is 40.5 Å². The van der Waals surface area contributed by atoms with Gasteiger partial charge in [0, 0.05) is 0 Å². The molecule has 0 unspecified atom stereocenters. The summed E-state index contributed by atoms with van der Waals surface area (Å²) >= 11 is 0. The third-order valence-electron chi connectivity index (χ3n) is 1.87. The Kier molecular flexibility index (Phi) is 5.00. The van der Waals surface area contributed by atoms with Crippen molar-refractivity contribution in [2.24, 2.45) is 0 Å². The molecule has 0 saturated heterocycles. The van der Waals surface area contributed by atoms with Crippen molar-refractivity contribution in [1.29, 1.82) is 0 Å². The summed E-state index contributed by atoms with van der Waals surface area (Å²) in [6.07, 6.45) is 6.73. The van der Waals surface area contributed by atoms with Crippen molar-refractivity contribution < 1.29 is 0 Å². The largest absolute Gasteiger partial charge is 0.0842 e. The Morgan fingerprint density at radius 2 is 1.20 bits per heavy atom. The number of hydrogen-bond donors (Lipinski definition) is 0. The van der Waals surface area contributed by atoms with E-state index >= 15 is 0 Å². The molecule has 58 valence electrons. The van der Waals surface area contributed by atoms with Gasteiger partial charge in [-0.3, -0.25) is 0 Å². The van der Waals surface area contributed by atoms with E-state index in [4.69, 9.17) is 0 Å². The van der Waals surface area contributed by atoms with E-state index in [1.807, 2.05) is 0 Å². The first-order valence-corrected chi connectivity index (χ1v) is 4.10. The smallest absolute Gasteiger partial charge is 0.0308 e. The zero-order valence-electron chi connectivity index (χ0n) is 7.57. The molecular formula is C10H18. The lowest BCUT2D eigenvalue weighted by atomic mass is 10.0. The third-order valence-corrected chi connectivity index (χ3v) is 1.87. The maximum atomic E-state index is 2.21. The van der Waals surface area contributed by atoms with Gasteiger partial charge in [-0.1, -0.05) is 26.0 Å². The van der Waals surface area contributed by atoms with Gasteiger partial charge in [0.05, 0.1) is 0 Å². The lowest BCUT2D eigenvalue weighted by Gasteiger charge is -2.05. The first-order chi connectivity index (χ1) is 4.79. The van der Waals surface area contributed by atoms with Crippen LogP contribution >= 0.6 is 0 Å². The van der Waals surface area contributed by atoms with Crippen molar-refractivity contribution in [2.45, 2.75) is 40.5 Å². The van der Waals surface area contributed by atoms with Crippen LogP contribution in [0, 0.1) is 0 Å². The van der Waals surface area contributed by atoms with Gasteiger partial charge < -0.3 is 0 Å². The Morgan fingerprint density at radius 1 is 0.900 bits per heavy atom. The average molecular weight is 138 g/mol. The summed E-state index contributed by atoms with van der Waals surface area (Å²) in [6, 6.07) is 0. The van der Waals surface area contributed by atoms with Crippen LogP contribution in [0.4, 0.5) is 0 Å². The van der Waals surface area contributed by atoms with Gasteiger partial charge in [-0.2, -0.15) is 0 Å². The Balaban J connectivity index is 4.27. The standard InChI is InChI=1S/C10H18/c1-5-9(6-2)10(7-3)8-4/h5,7H,6,8H2,1-4H3/b9-5+,10-7?. The first kappa shape index (κ1) is 9.48. The van der Waals surface area contributed by atoms with Gasteiger partial charge in [-0.25, -0.2) is 0 Å². The van der Waals surface area contributed by atoms with E-state index in [9.17, 15) is 0 Å². The van der Waals surface area contributed by atoms with Crippen molar-refractivity contribution in [2.75, 3.05) is 0 Å². The van der Waals surface area contributed by atoms with Gasteiger partial charge in [0.2, 0.25) is 0 Å². The fourth-order valence-corrected chi connectivity index (χ4v) is 1.23. The summed E-state index contributed by atoms with van der Waals surface area (Å²) in [4.78, 5) is 0. The molecule has 0 aromatic carbocycles. The van der Waals surface area contributed by atoms with Crippen LogP contribution < -0.4 is 0 Å². The second-order valence-corrected chi connectivity index (χ2v) is 2.33. The average Bonchev–Trinajstić information content (AvgIpc) is 2.00. The van der Waals surface area contributed by atoms with Gasteiger partial charge in [-0.05, 0) is 37.8 Å². The van der Waals surface area contributed by atoms with Crippen LogP contribution in [0.25, 0.3) is 0 Å². The van der Waals surface area contributed by atoms with Gasteiger partial charge in [0.15, 0.2) is 0 Å². The van der Waals surface area contributed by atoms with Gasteiger partial charge in [0.1, 0.15) is 0 Å². The quantitative estimate of drug-likeness (QED) is 0.522. The van der Waals surface area contributed by atoms with Crippen LogP contribution in [0.5, 0.6) is 0 Å². The molecule has 0 saturated carbocycles. The summed E-state index contributed by atoms with van der Waals surface area (Å²) in [5.41, 5.74) is 2.98. The van der Waals surface area contributed by atoms with Gasteiger partial charge in [0.25, 0.3) is 0 Å². The molecule has 0 nitrogen and oxygen atoms in total. The highest BCUT2D eigenvalue weighted by Crippen LogP contribution is 2.16. The fourth-order valence-electron chi connectivity index (χ4n) is 1.23. The Labute approximate surface area is 64.6 Å². The van der Waals surface area contributed by atoms with Crippen LogP contribution in [0.15, 0.2) is 23.3 Å². The summed E-state index contributed by atoms with van der Waals surface area (Å²) in [5, 5.41) is 0. The minimum atomic E-state index is 1.16. The highest BCUT2D eigenvalue weighted by atomic mass is 14.0. The monoisotopic (exact) mass is 138 g/mol. The third kappa shape index (κ3) is 2.38. The van der Waals surface area contributed by atoms with Crippen molar-refractivity contribution in [3.8, 4) is 0 Å². The van der Waals surface area contributed by atoms with E-state index in [0.717, 1.165) is 12.8 Å². The van der Waals surface area contributed by atoms with Gasteiger partial charge >= 0.3 is 0 Å². The molecule has 0 aromatic heterocycles. The maximum absolute atomic E-state index is 2.21. The van der Waals surface area contributed by atoms with Crippen LogP contribution in [0.3, 0.4) is 0 Å². The molecule has 0 aliphatic carbocycles. The van der Waals surface area contributed by atoms with E-state index in [0.29, 0.717) is 0 Å². The topological polar surface area (TPSA) is 0 Å². The van der Waals surface area contributed by atoms with E-state index in [1.165, 1.54) is 11.1 Å². The molecule has 0 fully saturated rings. The second kappa shape index (κ2) is 5.28. The zero-order chi connectivity index (χ0) is 7.98. The highest BCUT2D eigenvalue weighted by Gasteiger charge is 1.96. The summed E-state index contributed by atoms with van der Waals surface area (Å²) < 4.78 is 0. The van der Waals surface area contributed by atoms with E-state index in [2.05, 4.69) is 39.8 Å². The molecule has 0 bridgehead atoms. The predicted molar refractivity (Wildman–Crippen MR) is 48.1 cm³/mol. The SMILES string of the molecule is CC=C(CC)/C(=C/C)CC. The Hall–Kier alpha value is -0.520. The van der Waals surface area contributed by atoms with E-state index in [-0.39, 0.29) is 0 Å². The summed E-state index contributed by atoms with van der Waals surface area (Å²) in [7, 11) is 0. The van der Waals surface area contributed by atoms with Crippen LogP contribution in [-0.2, 0) is 0 Å².